The van der Waals surface area contributed by atoms with Crippen LogP contribution in [0, 0.1) is 15.5 Å². The van der Waals surface area contributed by atoms with Gasteiger partial charge in [-0.3, -0.25) is 14.9 Å². The second-order valence-corrected chi connectivity index (χ2v) is 5.06. The molecular formula is C9H11N3O4S. The minimum atomic E-state index is -0.817. The van der Waals surface area contributed by atoms with Crippen molar-refractivity contribution in [3.63, 3.8) is 0 Å². The van der Waals surface area contributed by atoms with Crippen LogP contribution in [0.1, 0.15) is 19.3 Å². The predicted octanol–water partition coefficient (Wildman–Crippen LogP) is 1.72. The highest BCUT2D eigenvalue weighted by molar-refractivity contribution is 7.18. The highest BCUT2D eigenvalue weighted by Gasteiger charge is 2.44. The summed E-state index contributed by atoms with van der Waals surface area (Å²) in [7, 11) is 0. The zero-order valence-electron chi connectivity index (χ0n) is 8.88. The number of aromatic nitrogens is 1. The zero-order chi connectivity index (χ0) is 12.5. The lowest BCUT2D eigenvalue weighted by Crippen LogP contribution is -2.43. The van der Waals surface area contributed by atoms with Gasteiger partial charge in [0.2, 0.25) is 0 Å². The molecule has 1 aromatic rings. The first-order valence-corrected chi connectivity index (χ1v) is 5.93. The number of hydrogen-bond donors (Lipinski definition) is 2. The smallest absolute Gasteiger partial charge is 0.345 e. The molecule has 2 N–H and O–H groups in total. The Kier molecular flexibility index (Phi) is 2.97. The molecule has 7 nitrogen and oxygen atoms in total. The number of nitrogens with one attached hydrogen (secondary N) is 1. The Labute approximate surface area is 101 Å². The number of carbonyl (C=O) groups is 1. The molecule has 8 heteroatoms. The Morgan fingerprint density at radius 1 is 1.71 bits per heavy atom. The Bertz CT molecular complexity index is 455. The van der Waals surface area contributed by atoms with Crippen molar-refractivity contribution in [2.45, 2.75) is 19.3 Å². The molecule has 1 saturated carbocycles. The number of nitrogens with zero attached hydrogens (tertiary/aromatic N) is 2. The van der Waals surface area contributed by atoms with Gasteiger partial charge < -0.3 is 10.4 Å². The number of carboxylic acids is 1. The van der Waals surface area contributed by atoms with Crippen LogP contribution in [0.3, 0.4) is 0 Å². The molecule has 0 bridgehead atoms. The van der Waals surface area contributed by atoms with Gasteiger partial charge in [0.1, 0.15) is 6.20 Å². The van der Waals surface area contributed by atoms with E-state index in [1.54, 1.807) is 0 Å². The van der Waals surface area contributed by atoms with E-state index >= 15 is 0 Å². The number of nitro groups is 1. The molecule has 1 aliphatic carbocycles. The molecule has 1 aromatic heterocycles. The van der Waals surface area contributed by atoms with E-state index < -0.39 is 16.3 Å². The Morgan fingerprint density at radius 2 is 2.41 bits per heavy atom. The lowest BCUT2D eigenvalue weighted by Gasteiger charge is -2.37. The fraction of sp³-hybridized carbons (Fsp3) is 0.556. The van der Waals surface area contributed by atoms with Gasteiger partial charge in [0.05, 0.1) is 10.3 Å². The maximum Gasteiger partial charge on any atom is 0.345 e. The largest absolute Gasteiger partial charge is 0.481 e. The molecule has 2 rings (SSSR count). The summed E-state index contributed by atoms with van der Waals surface area (Å²) in [6, 6.07) is 0. The van der Waals surface area contributed by atoms with Crippen molar-refractivity contribution in [2.75, 3.05) is 11.9 Å². The monoisotopic (exact) mass is 257 g/mol. The second-order valence-electron chi connectivity index (χ2n) is 4.05. The third kappa shape index (κ3) is 2.21. The molecule has 0 radical (unpaired) electrons. The van der Waals surface area contributed by atoms with Crippen LogP contribution in [0.15, 0.2) is 6.20 Å². The molecule has 92 valence electrons. The Morgan fingerprint density at radius 3 is 2.82 bits per heavy atom. The maximum atomic E-state index is 11.1. The van der Waals surface area contributed by atoms with Gasteiger partial charge in [-0.2, -0.15) is 0 Å². The van der Waals surface area contributed by atoms with Crippen molar-refractivity contribution >= 4 is 27.4 Å². The minimum Gasteiger partial charge on any atom is -0.481 e. The first kappa shape index (κ1) is 11.8. The van der Waals surface area contributed by atoms with Crippen molar-refractivity contribution in [1.82, 2.24) is 4.98 Å². The van der Waals surface area contributed by atoms with Crippen LogP contribution in [0.5, 0.6) is 0 Å². The molecular weight excluding hydrogens is 246 g/mol. The van der Waals surface area contributed by atoms with E-state index in [0.717, 1.165) is 17.8 Å². The van der Waals surface area contributed by atoms with Gasteiger partial charge >= 0.3 is 11.0 Å². The molecule has 0 aromatic carbocycles. The van der Waals surface area contributed by atoms with Crippen LogP contribution in [-0.4, -0.2) is 27.5 Å². The van der Waals surface area contributed by atoms with E-state index in [9.17, 15) is 14.9 Å². The van der Waals surface area contributed by atoms with E-state index in [-0.39, 0.29) is 11.5 Å². The van der Waals surface area contributed by atoms with Crippen molar-refractivity contribution in [3.05, 3.63) is 16.3 Å². The van der Waals surface area contributed by atoms with Gasteiger partial charge in [-0.25, -0.2) is 4.98 Å². The molecule has 1 aliphatic rings. The molecule has 0 saturated heterocycles. The van der Waals surface area contributed by atoms with Crippen LogP contribution in [0.2, 0.25) is 0 Å². The van der Waals surface area contributed by atoms with E-state index in [1.165, 1.54) is 6.20 Å². The second kappa shape index (κ2) is 4.28. The summed E-state index contributed by atoms with van der Waals surface area (Å²) in [5, 5.41) is 22.7. The standard InChI is InChI=1S/C9H11N3O4S/c13-7(14)9(2-1-3-9)5-11-8-10-4-6(17-8)12(15)16/h4H,1-3,5H2,(H,10,11)(H,13,14). The average Bonchev–Trinajstić information content (AvgIpc) is 2.64. The number of thiazole rings is 1. The summed E-state index contributed by atoms with van der Waals surface area (Å²) < 4.78 is 0. The van der Waals surface area contributed by atoms with Crippen LogP contribution < -0.4 is 5.32 Å². The molecule has 17 heavy (non-hydrogen) atoms. The predicted molar refractivity (Wildman–Crippen MR) is 61.2 cm³/mol. The van der Waals surface area contributed by atoms with Gasteiger partial charge in [0.15, 0.2) is 5.13 Å². The summed E-state index contributed by atoms with van der Waals surface area (Å²) in [5.41, 5.74) is -0.722. The lowest BCUT2D eigenvalue weighted by molar-refractivity contribution is -0.380. The van der Waals surface area contributed by atoms with Crippen LogP contribution >= 0.6 is 11.3 Å². The summed E-state index contributed by atoms with van der Waals surface area (Å²) in [6.07, 6.45) is 3.36. The van der Waals surface area contributed by atoms with Gasteiger partial charge in [0, 0.05) is 6.54 Å². The summed E-state index contributed by atoms with van der Waals surface area (Å²) in [5.74, 6) is -0.817. The first-order chi connectivity index (χ1) is 8.03. The molecule has 1 fully saturated rings. The zero-order valence-corrected chi connectivity index (χ0v) is 9.70. The van der Waals surface area contributed by atoms with E-state index in [0.29, 0.717) is 18.0 Å². The quantitative estimate of drug-likeness (QED) is 0.614. The van der Waals surface area contributed by atoms with Crippen molar-refractivity contribution in [2.24, 2.45) is 5.41 Å². The van der Waals surface area contributed by atoms with E-state index in [2.05, 4.69) is 10.3 Å². The number of carboxylic acid groups (broad SMARTS) is 1. The molecule has 0 amide bonds. The normalized spacial score (nSPS) is 17.2. The summed E-state index contributed by atoms with van der Waals surface area (Å²) in [4.78, 5) is 24.8. The average molecular weight is 257 g/mol. The Hall–Kier alpha value is -1.70. The van der Waals surface area contributed by atoms with E-state index in [4.69, 9.17) is 5.11 Å². The topological polar surface area (TPSA) is 105 Å². The number of anilines is 1. The number of rotatable bonds is 5. The third-order valence-corrected chi connectivity index (χ3v) is 3.92. The summed E-state index contributed by atoms with van der Waals surface area (Å²) >= 11 is 0.914. The van der Waals surface area contributed by atoms with Gasteiger partial charge in [-0.1, -0.05) is 6.42 Å². The number of hydrogen-bond acceptors (Lipinski definition) is 6. The van der Waals surface area contributed by atoms with Crippen LogP contribution in [-0.2, 0) is 4.79 Å². The highest BCUT2D eigenvalue weighted by Crippen LogP contribution is 2.41. The van der Waals surface area contributed by atoms with Crippen molar-refractivity contribution in [3.8, 4) is 0 Å². The third-order valence-electron chi connectivity index (χ3n) is 3.02. The SMILES string of the molecule is O=C(O)C1(CNc2ncc([N+](=O)[O-])s2)CCC1. The van der Waals surface area contributed by atoms with Gasteiger partial charge in [-0.05, 0) is 24.2 Å². The van der Waals surface area contributed by atoms with E-state index in [1.807, 2.05) is 0 Å². The summed E-state index contributed by atoms with van der Waals surface area (Å²) in [6.45, 7) is 0.271. The van der Waals surface area contributed by atoms with Crippen molar-refractivity contribution in [1.29, 1.82) is 0 Å². The Balaban J connectivity index is 1.97. The van der Waals surface area contributed by atoms with Crippen molar-refractivity contribution < 1.29 is 14.8 Å². The molecule has 0 aliphatic heterocycles. The molecule has 1 heterocycles. The first-order valence-electron chi connectivity index (χ1n) is 5.11. The van der Waals surface area contributed by atoms with Gasteiger partial charge in [-0.15, -0.1) is 0 Å². The molecule has 0 unspecified atom stereocenters. The van der Waals surface area contributed by atoms with Crippen LogP contribution in [0.25, 0.3) is 0 Å². The highest BCUT2D eigenvalue weighted by atomic mass is 32.1. The minimum absolute atomic E-state index is 0.0505. The fourth-order valence-corrected chi connectivity index (χ4v) is 2.37. The lowest BCUT2D eigenvalue weighted by atomic mass is 9.69. The fourth-order valence-electron chi connectivity index (χ4n) is 1.75. The molecule has 0 atom stereocenters. The van der Waals surface area contributed by atoms with Crippen LogP contribution in [0.4, 0.5) is 10.1 Å². The molecule has 0 spiro atoms. The maximum absolute atomic E-state index is 11.1. The van der Waals surface area contributed by atoms with Gasteiger partial charge in [0.25, 0.3) is 0 Å². The number of aliphatic carboxylic acids is 1.